The number of rotatable bonds is 10. The summed E-state index contributed by atoms with van der Waals surface area (Å²) in [5.41, 5.74) is 2.21. The van der Waals surface area contributed by atoms with E-state index in [1.165, 1.54) is 51.4 Å². The fourth-order valence-corrected chi connectivity index (χ4v) is 4.23. The molecule has 0 amide bonds. The van der Waals surface area contributed by atoms with Crippen LogP contribution in [-0.2, 0) is 6.42 Å². The van der Waals surface area contributed by atoms with E-state index < -0.39 is 0 Å². The molecular formula is C25H36N2O. The van der Waals surface area contributed by atoms with Crippen molar-refractivity contribution in [2.24, 2.45) is 11.8 Å². The molecule has 3 rings (SSSR count). The molecule has 1 heterocycles. The first kappa shape index (κ1) is 20.8. The van der Waals surface area contributed by atoms with Crippen molar-refractivity contribution in [2.75, 3.05) is 6.61 Å². The molecule has 0 aliphatic heterocycles. The van der Waals surface area contributed by atoms with Gasteiger partial charge in [0, 0.05) is 24.4 Å². The molecule has 1 aliphatic rings. The second-order valence-electron chi connectivity index (χ2n) is 8.33. The van der Waals surface area contributed by atoms with E-state index >= 15 is 0 Å². The number of ether oxygens (including phenoxy) is 1. The molecule has 1 aliphatic carbocycles. The van der Waals surface area contributed by atoms with Gasteiger partial charge in [-0.1, -0.05) is 70.9 Å². The van der Waals surface area contributed by atoms with Crippen LogP contribution >= 0.6 is 0 Å². The lowest BCUT2D eigenvalue weighted by Gasteiger charge is -2.28. The Hall–Kier alpha value is -1.90. The predicted octanol–water partition coefficient (Wildman–Crippen LogP) is 6.86. The van der Waals surface area contributed by atoms with E-state index in [-0.39, 0.29) is 0 Å². The molecule has 2 aromatic rings. The van der Waals surface area contributed by atoms with Crippen LogP contribution < -0.4 is 4.74 Å². The molecule has 152 valence electrons. The second kappa shape index (κ2) is 11.2. The molecule has 0 bridgehead atoms. The minimum absolute atomic E-state index is 0.761. The highest BCUT2D eigenvalue weighted by molar-refractivity contribution is 5.62. The van der Waals surface area contributed by atoms with E-state index in [4.69, 9.17) is 4.74 Å². The first-order chi connectivity index (χ1) is 13.8. The monoisotopic (exact) mass is 380 g/mol. The maximum Gasteiger partial charge on any atom is 0.128 e. The van der Waals surface area contributed by atoms with Gasteiger partial charge in [0.25, 0.3) is 0 Å². The lowest BCUT2D eigenvalue weighted by atomic mass is 9.78. The molecule has 0 atom stereocenters. The van der Waals surface area contributed by atoms with E-state index in [0.717, 1.165) is 54.0 Å². The number of hydrogen-bond donors (Lipinski definition) is 0. The van der Waals surface area contributed by atoms with Crippen molar-refractivity contribution in [2.45, 2.75) is 78.1 Å². The quantitative estimate of drug-likeness (QED) is 0.451. The van der Waals surface area contributed by atoms with Gasteiger partial charge >= 0.3 is 0 Å². The molecule has 1 saturated carbocycles. The minimum atomic E-state index is 0.761. The highest BCUT2D eigenvalue weighted by Gasteiger charge is 2.20. The fourth-order valence-electron chi connectivity index (χ4n) is 4.23. The van der Waals surface area contributed by atoms with Crippen LogP contribution in [0.15, 0.2) is 36.7 Å². The molecule has 3 nitrogen and oxygen atoms in total. The van der Waals surface area contributed by atoms with Gasteiger partial charge in [-0.2, -0.15) is 0 Å². The lowest BCUT2D eigenvalue weighted by molar-refractivity contribution is 0.249. The van der Waals surface area contributed by atoms with Crippen molar-refractivity contribution in [3.63, 3.8) is 0 Å². The Bertz CT molecular complexity index is 673. The summed E-state index contributed by atoms with van der Waals surface area (Å²) in [6.45, 7) is 5.18. The van der Waals surface area contributed by atoms with Gasteiger partial charge in [0.2, 0.25) is 0 Å². The van der Waals surface area contributed by atoms with Gasteiger partial charge in [-0.25, -0.2) is 9.97 Å². The highest BCUT2D eigenvalue weighted by Crippen LogP contribution is 2.34. The van der Waals surface area contributed by atoms with Crippen molar-refractivity contribution in [3.8, 4) is 16.9 Å². The number of benzene rings is 1. The Morgan fingerprint density at radius 1 is 0.821 bits per heavy atom. The molecule has 28 heavy (non-hydrogen) atoms. The summed E-state index contributed by atoms with van der Waals surface area (Å²) >= 11 is 0. The van der Waals surface area contributed by atoms with Crippen LogP contribution in [0.1, 0.15) is 77.5 Å². The van der Waals surface area contributed by atoms with Gasteiger partial charge in [0.1, 0.15) is 11.6 Å². The van der Waals surface area contributed by atoms with Crippen molar-refractivity contribution < 1.29 is 4.74 Å². The largest absolute Gasteiger partial charge is 0.494 e. The van der Waals surface area contributed by atoms with E-state index in [0.29, 0.717) is 0 Å². The van der Waals surface area contributed by atoms with Gasteiger partial charge in [0.15, 0.2) is 0 Å². The zero-order valence-corrected chi connectivity index (χ0v) is 17.7. The van der Waals surface area contributed by atoms with Crippen LogP contribution in [0, 0.1) is 11.8 Å². The summed E-state index contributed by atoms with van der Waals surface area (Å²) < 4.78 is 5.65. The highest BCUT2D eigenvalue weighted by atomic mass is 16.5. The Morgan fingerprint density at radius 3 is 2.07 bits per heavy atom. The molecule has 0 saturated heterocycles. The lowest BCUT2D eigenvalue weighted by Crippen LogP contribution is -2.15. The Labute approximate surface area is 171 Å². The van der Waals surface area contributed by atoms with Crippen molar-refractivity contribution >= 4 is 0 Å². The molecule has 0 unspecified atom stereocenters. The summed E-state index contributed by atoms with van der Waals surface area (Å²) in [5, 5.41) is 0. The van der Waals surface area contributed by atoms with E-state index in [9.17, 15) is 0 Å². The predicted molar refractivity (Wildman–Crippen MR) is 117 cm³/mol. The number of aromatic nitrogens is 2. The SMILES string of the molecule is CCCCC1CCC(CCc2ncc(-c3ccc(OCCC)cc3)cn2)CC1. The second-order valence-corrected chi connectivity index (χ2v) is 8.33. The third kappa shape index (κ3) is 6.32. The van der Waals surface area contributed by atoms with Gasteiger partial charge < -0.3 is 4.74 Å². The van der Waals surface area contributed by atoms with Crippen LogP contribution in [0.2, 0.25) is 0 Å². The maximum atomic E-state index is 5.65. The van der Waals surface area contributed by atoms with Gasteiger partial charge in [-0.05, 0) is 42.4 Å². The van der Waals surface area contributed by atoms with Gasteiger partial charge in [-0.15, -0.1) is 0 Å². The van der Waals surface area contributed by atoms with Gasteiger partial charge in [-0.3, -0.25) is 0 Å². The third-order valence-corrected chi connectivity index (χ3v) is 6.07. The molecule has 0 spiro atoms. The van der Waals surface area contributed by atoms with Crippen LogP contribution in [0.25, 0.3) is 11.1 Å². The number of unbranched alkanes of at least 4 members (excludes halogenated alkanes) is 1. The maximum absolute atomic E-state index is 5.65. The molecule has 1 aromatic carbocycles. The summed E-state index contributed by atoms with van der Waals surface area (Å²) in [5.74, 6) is 3.77. The van der Waals surface area contributed by atoms with Crippen LogP contribution in [-0.4, -0.2) is 16.6 Å². The van der Waals surface area contributed by atoms with Crippen molar-refractivity contribution in [1.29, 1.82) is 0 Å². The average Bonchev–Trinajstić information content (AvgIpc) is 2.76. The summed E-state index contributed by atoms with van der Waals surface area (Å²) in [6, 6.07) is 8.21. The Balaban J connectivity index is 1.44. The molecular weight excluding hydrogens is 344 g/mol. The molecule has 1 fully saturated rings. The average molecular weight is 381 g/mol. The zero-order chi connectivity index (χ0) is 19.6. The first-order valence-corrected chi connectivity index (χ1v) is 11.3. The van der Waals surface area contributed by atoms with Crippen LogP contribution in [0.4, 0.5) is 0 Å². The molecule has 0 radical (unpaired) electrons. The molecule has 3 heteroatoms. The number of aryl methyl sites for hydroxylation is 1. The fraction of sp³-hybridized carbons (Fsp3) is 0.600. The van der Waals surface area contributed by atoms with Crippen LogP contribution in [0.5, 0.6) is 5.75 Å². The number of nitrogens with zero attached hydrogens (tertiary/aromatic N) is 2. The zero-order valence-electron chi connectivity index (χ0n) is 17.7. The molecule has 1 aromatic heterocycles. The van der Waals surface area contributed by atoms with Gasteiger partial charge in [0.05, 0.1) is 6.61 Å². The van der Waals surface area contributed by atoms with Crippen molar-refractivity contribution in [1.82, 2.24) is 9.97 Å². The summed E-state index contributed by atoms with van der Waals surface area (Å²) in [6.07, 6.45) is 17.1. The summed E-state index contributed by atoms with van der Waals surface area (Å²) in [7, 11) is 0. The topological polar surface area (TPSA) is 35.0 Å². The number of hydrogen-bond acceptors (Lipinski definition) is 3. The Kier molecular flexibility index (Phi) is 8.32. The van der Waals surface area contributed by atoms with E-state index in [1.807, 2.05) is 24.5 Å². The first-order valence-electron chi connectivity index (χ1n) is 11.3. The van der Waals surface area contributed by atoms with Crippen LogP contribution in [0.3, 0.4) is 0 Å². The van der Waals surface area contributed by atoms with Crippen molar-refractivity contribution in [3.05, 3.63) is 42.5 Å². The normalized spacial score (nSPS) is 19.5. The standard InChI is InChI=1S/C25H36N2O/c1-3-5-6-20-7-9-21(10-8-20)11-16-25-26-18-23(19-27-25)22-12-14-24(15-13-22)28-17-4-2/h12-15,18-21H,3-11,16-17H2,1-2H3. The van der Waals surface area contributed by atoms with E-state index in [1.54, 1.807) is 0 Å². The third-order valence-electron chi connectivity index (χ3n) is 6.07. The minimum Gasteiger partial charge on any atom is -0.494 e. The Morgan fingerprint density at radius 2 is 1.46 bits per heavy atom. The van der Waals surface area contributed by atoms with E-state index in [2.05, 4.69) is 35.9 Å². The smallest absolute Gasteiger partial charge is 0.128 e. The summed E-state index contributed by atoms with van der Waals surface area (Å²) in [4.78, 5) is 9.25. The molecule has 0 N–H and O–H groups in total.